The molecule has 0 aliphatic carbocycles. The third-order valence-corrected chi connectivity index (χ3v) is 6.76. The van der Waals surface area contributed by atoms with Crippen molar-refractivity contribution in [2.75, 3.05) is 29.9 Å². The molecule has 35 heavy (non-hydrogen) atoms. The van der Waals surface area contributed by atoms with Crippen LogP contribution in [-0.4, -0.2) is 57.1 Å². The van der Waals surface area contributed by atoms with Crippen molar-refractivity contribution in [3.05, 3.63) is 46.7 Å². The second kappa shape index (κ2) is 8.78. The van der Waals surface area contributed by atoms with E-state index in [1.165, 1.54) is 16.7 Å². The number of piperazine rings is 1. The van der Waals surface area contributed by atoms with Gasteiger partial charge in [0, 0.05) is 44.2 Å². The second-order valence-corrected chi connectivity index (χ2v) is 11.3. The molecule has 0 saturated carbocycles. The number of halogens is 2. The predicted molar refractivity (Wildman–Crippen MR) is 131 cm³/mol. The highest BCUT2D eigenvalue weighted by Gasteiger charge is 2.39. The summed E-state index contributed by atoms with van der Waals surface area (Å²) in [5.74, 6) is -1.91. The SMILES string of the molecule is Cc1cn2cc(NC(=O)c3sc(N4CCN(C(=O)OC(C)(C)C)C(C)(C)C4)cc3F)cc(F)c2n1. The van der Waals surface area contributed by atoms with Gasteiger partial charge < -0.3 is 19.4 Å². The molecular formula is C24H29F2N5O3S. The van der Waals surface area contributed by atoms with Crippen LogP contribution < -0.4 is 10.2 Å². The molecule has 0 aromatic carbocycles. The summed E-state index contributed by atoms with van der Waals surface area (Å²) in [4.78, 5) is 33.1. The minimum absolute atomic E-state index is 0.102. The van der Waals surface area contributed by atoms with E-state index in [4.69, 9.17) is 4.74 Å². The molecule has 3 aromatic rings. The Bertz CT molecular complexity index is 1290. The fraction of sp³-hybridized carbons (Fsp3) is 0.458. The summed E-state index contributed by atoms with van der Waals surface area (Å²) < 4.78 is 36.1. The van der Waals surface area contributed by atoms with Crippen molar-refractivity contribution in [1.82, 2.24) is 14.3 Å². The van der Waals surface area contributed by atoms with Gasteiger partial charge in [0.2, 0.25) is 0 Å². The number of anilines is 2. The number of ether oxygens (including phenoxy) is 1. The van der Waals surface area contributed by atoms with Crippen LogP contribution in [0.5, 0.6) is 0 Å². The summed E-state index contributed by atoms with van der Waals surface area (Å²) in [7, 11) is 0. The fourth-order valence-corrected chi connectivity index (χ4v) is 5.06. The van der Waals surface area contributed by atoms with E-state index < -0.39 is 34.8 Å². The Kier molecular flexibility index (Phi) is 6.25. The number of aromatic nitrogens is 2. The van der Waals surface area contributed by atoms with Gasteiger partial charge in [-0.25, -0.2) is 18.6 Å². The van der Waals surface area contributed by atoms with Gasteiger partial charge in [0.15, 0.2) is 11.5 Å². The number of pyridine rings is 1. The highest BCUT2D eigenvalue weighted by molar-refractivity contribution is 7.18. The predicted octanol–water partition coefficient (Wildman–Crippen LogP) is 5.07. The number of nitrogens with zero attached hydrogens (tertiary/aromatic N) is 4. The molecule has 4 rings (SSSR count). The number of carbonyl (C=O) groups excluding carboxylic acids is 2. The van der Waals surface area contributed by atoms with E-state index >= 15 is 0 Å². The molecule has 4 heterocycles. The molecule has 0 unspecified atom stereocenters. The molecule has 1 aliphatic heterocycles. The Morgan fingerprint density at radius 1 is 1.14 bits per heavy atom. The number of hydrogen-bond donors (Lipinski definition) is 1. The van der Waals surface area contributed by atoms with Gasteiger partial charge in [-0.05, 0) is 41.5 Å². The van der Waals surface area contributed by atoms with E-state index in [0.717, 1.165) is 17.4 Å². The second-order valence-electron chi connectivity index (χ2n) is 10.3. The van der Waals surface area contributed by atoms with Gasteiger partial charge in [-0.15, -0.1) is 11.3 Å². The summed E-state index contributed by atoms with van der Waals surface area (Å²) in [6.07, 6.45) is 2.77. The number of fused-ring (bicyclic) bond motifs is 1. The van der Waals surface area contributed by atoms with Crippen molar-refractivity contribution in [2.24, 2.45) is 0 Å². The lowest BCUT2D eigenvalue weighted by Gasteiger charge is -2.47. The lowest BCUT2D eigenvalue weighted by atomic mass is 9.99. The van der Waals surface area contributed by atoms with Crippen LogP contribution in [0.15, 0.2) is 24.5 Å². The lowest BCUT2D eigenvalue weighted by molar-refractivity contribution is 0.000417. The van der Waals surface area contributed by atoms with Gasteiger partial charge in [0.05, 0.1) is 21.9 Å². The minimum Gasteiger partial charge on any atom is -0.444 e. The summed E-state index contributed by atoms with van der Waals surface area (Å²) in [5.41, 5.74) is -0.194. The van der Waals surface area contributed by atoms with Gasteiger partial charge in [-0.2, -0.15) is 0 Å². The topological polar surface area (TPSA) is 79.2 Å². The van der Waals surface area contributed by atoms with Crippen molar-refractivity contribution in [3.63, 3.8) is 0 Å². The molecule has 0 spiro atoms. The van der Waals surface area contributed by atoms with Crippen molar-refractivity contribution in [3.8, 4) is 0 Å². The maximum atomic E-state index is 14.8. The largest absolute Gasteiger partial charge is 0.444 e. The quantitative estimate of drug-likeness (QED) is 0.538. The molecule has 1 fully saturated rings. The smallest absolute Gasteiger partial charge is 0.410 e. The van der Waals surface area contributed by atoms with Crippen LogP contribution in [0.2, 0.25) is 0 Å². The third kappa shape index (κ3) is 5.24. The van der Waals surface area contributed by atoms with Crippen LogP contribution in [0, 0.1) is 18.6 Å². The Labute approximate surface area is 206 Å². The maximum absolute atomic E-state index is 14.8. The number of rotatable bonds is 3. The monoisotopic (exact) mass is 505 g/mol. The Morgan fingerprint density at radius 2 is 1.86 bits per heavy atom. The van der Waals surface area contributed by atoms with Crippen molar-refractivity contribution in [1.29, 1.82) is 0 Å². The summed E-state index contributed by atoms with van der Waals surface area (Å²) >= 11 is 1.02. The van der Waals surface area contributed by atoms with Crippen LogP contribution in [-0.2, 0) is 4.74 Å². The molecule has 188 valence electrons. The zero-order valence-electron chi connectivity index (χ0n) is 20.6. The molecule has 0 bridgehead atoms. The molecule has 1 aliphatic rings. The normalized spacial score (nSPS) is 16.0. The highest BCUT2D eigenvalue weighted by Crippen LogP contribution is 2.34. The summed E-state index contributed by atoms with van der Waals surface area (Å²) in [6.45, 7) is 12.3. The first-order valence-electron chi connectivity index (χ1n) is 11.2. The zero-order chi connectivity index (χ0) is 25.7. The Morgan fingerprint density at radius 3 is 2.51 bits per heavy atom. The van der Waals surface area contributed by atoms with E-state index in [2.05, 4.69) is 10.3 Å². The first-order valence-corrected chi connectivity index (χ1v) is 12.1. The number of amides is 2. The number of aryl methyl sites for hydroxylation is 1. The molecule has 0 radical (unpaired) electrons. The Hall–Kier alpha value is -3.21. The molecule has 2 amide bonds. The average Bonchev–Trinajstić information content (AvgIpc) is 3.28. The fourth-order valence-electron chi connectivity index (χ4n) is 4.10. The summed E-state index contributed by atoms with van der Waals surface area (Å²) in [5, 5.41) is 3.15. The van der Waals surface area contributed by atoms with Crippen molar-refractivity contribution < 1.29 is 23.1 Å². The van der Waals surface area contributed by atoms with Gasteiger partial charge in [-0.1, -0.05) is 0 Å². The molecular weight excluding hydrogens is 476 g/mol. The minimum atomic E-state index is -0.666. The zero-order valence-corrected chi connectivity index (χ0v) is 21.4. The number of hydrogen-bond acceptors (Lipinski definition) is 6. The van der Waals surface area contributed by atoms with E-state index in [9.17, 15) is 18.4 Å². The van der Waals surface area contributed by atoms with Crippen LogP contribution in [0.4, 0.5) is 24.3 Å². The van der Waals surface area contributed by atoms with E-state index in [1.54, 1.807) is 18.0 Å². The van der Waals surface area contributed by atoms with Crippen molar-refractivity contribution in [2.45, 2.75) is 52.7 Å². The Balaban J connectivity index is 1.49. The van der Waals surface area contributed by atoms with Crippen LogP contribution in [0.1, 0.15) is 50.0 Å². The number of thiophene rings is 1. The molecule has 8 nitrogen and oxygen atoms in total. The van der Waals surface area contributed by atoms with E-state index in [1.807, 2.05) is 39.5 Å². The van der Waals surface area contributed by atoms with Crippen LogP contribution in [0.25, 0.3) is 5.65 Å². The molecule has 1 N–H and O–H groups in total. The third-order valence-electron chi connectivity index (χ3n) is 5.59. The van der Waals surface area contributed by atoms with Crippen LogP contribution >= 0.6 is 11.3 Å². The van der Waals surface area contributed by atoms with E-state index in [-0.39, 0.29) is 16.2 Å². The first-order chi connectivity index (χ1) is 16.2. The van der Waals surface area contributed by atoms with Gasteiger partial charge in [0.1, 0.15) is 16.3 Å². The molecule has 11 heteroatoms. The standard InChI is InChI=1S/C24H29F2N5O3S/c1-14-11-30-12-15(9-17(26)20(30)27-14)28-21(32)19-16(25)10-18(35-19)29-7-8-31(24(5,6)13-29)22(33)34-23(2,3)4/h9-12H,7-8,13H2,1-6H3,(H,28,32). The highest BCUT2D eigenvalue weighted by atomic mass is 32.1. The maximum Gasteiger partial charge on any atom is 0.410 e. The van der Waals surface area contributed by atoms with E-state index in [0.29, 0.717) is 30.3 Å². The van der Waals surface area contributed by atoms with Gasteiger partial charge >= 0.3 is 6.09 Å². The first kappa shape index (κ1) is 24.9. The number of nitrogens with one attached hydrogen (secondary N) is 1. The van der Waals surface area contributed by atoms with Crippen molar-refractivity contribution >= 4 is 39.7 Å². The van der Waals surface area contributed by atoms with Crippen LogP contribution in [0.3, 0.4) is 0 Å². The van der Waals surface area contributed by atoms with Gasteiger partial charge in [0.25, 0.3) is 5.91 Å². The number of carbonyl (C=O) groups is 2. The molecule has 1 saturated heterocycles. The van der Waals surface area contributed by atoms with Gasteiger partial charge in [-0.3, -0.25) is 9.69 Å². The number of imidazole rings is 1. The lowest BCUT2D eigenvalue weighted by Crippen LogP contribution is -2.61. The molecule has 3 aromatic heterocycles. The molecule has 0 atom stereocenters. The average molecular weight is 506 g/mol. The summed E-state index contributed by atoms with van der Waals surface area (Å²) in [6, 6.07) is 2.48.